The molecule has 5 nitrogen and oxygen atoms in total. The Morgan fingerprint density at radius 1 is 1.21 bits per heavy atom. The molecule has 1 aromatic rings. The number of aliphatic hydroxyl groups is 1. The highest BCUT2D eigenvalue weighted by Gasteiger charge is 2.19. The molecule has 1 atom stereocenters. The van der Waals surface area contributed by atoms with Gasteiger partial charge >= 0.3 is 0 Å². The molecule has 1 amide bonds. The lowest BCUT2D eigenvalue weighted by molar-refractivity contribution is -0.117. The molecule has 0 spiro atoms. The third-order valence-electron chi connectivity index (χ3n) is 4.60. The molecule has 0 saturated carbocycles. The number of nitrogens with one attached hydrogen (secondary N) is 1. The Morgan fingerprint density at radius 3 is 2.54 bits per heavy atom. The van der Waals surface area contributed by atoms with Crippen LogP contribution in [0.2, 0.25) is 0 Å². The topological polar surface area (TPSA) is 55.8 Å². The Balaban J connectivity index is 1.70. The number of carbonyl (C=O) groups excluding carboxylic acids is 1. The van der Waals surface area contributed by atoms with Gasteiger partial charge in [-0.05, 0) is 44.4 Å². The fourth-order valence-corrected chi connectivity index (χ4v) is 3.12. The molecule has 5 heteroatoms. The standard InChI is InChI=1S/C19H31N3O2/c1-3-17-8-4-5-9-18(17)20-19(24)15-22-13-11-21(12-14-22)10-6-7-16(2)23/h4-5,8-9,16,23H,3,6-7,10-15H2,1-2H3,(H,20,24). The Hall–Kier alpha value is -1.43. The molecule has 2 N–H and O–H groups in total. The summed E-state index contributed by atoms with van der Waals surface area (Å²) in [4.78, 5) is 16.9. The van der Waals surface area contributed by atoms with Crippen molar-refractivity contribution in [3.8, 4) is 0 Å². The third-order valence-corrected chi connectivity index (χ3v) is 4.60. The number of aliphatic hydroxyl groups excluding tert-OH is 1. The summed E-state index contributed by atoms with van der Waals surface area (Å²) in [6, 6.07) is 7.99. The molecule has 1 fully saturated rings. The number of hydrogen-bond acceptors (Lipinski definition) is 4. The highest BCUT2D eigenvalue weighted by Crippen LogP contribution is 2.15. The van der Waals surface area contributed by atoms with E-state index in [1.807, 2.05) is 25.1 Å². The summed E-state index contributed by atoms with van der Waals surface area (Å²) in [7, 11) is 0. The summed E-state index contributed by atoms with van der Waals surface area (Å²) in [6.45, 7) is 9.29. The molecule has 134 valence electrons. The van der Waals surface area contributed by atoms with E-state index >= 15 is 0 Å². The molecule has 0 bridgehead atoms. The van der Waals surface area contributed by atoms with E-state index in [0.717, 1.165) is 57.7 Å². The fourth-order valence-electron chi connectivity index (χ4n) is 3.12. The van der Waals surface area contributed by atoms with Crippen LogP contribution in [0.1, 0.15) is 32.3 Å². The first-order chi connectivity index (χ1) is 11.6. The molecule has 0 aromatic heterocycles. The minimum atomic E-state index is -0.207. The molecule has 0 aliphatic carbocycles. The van der Waals surface area contributed by atoms with Crippen molar-refractivity contribution < 1.29 is 9.90 Å². The van der Waals surface area contributed by atoms with Crippen LogP contribution in [0, 0.1) is 0 Å². The molecular formula is C19H31N3O2. The molecule has 1 aromatic carbocycles. The number of aryl methyl sites for hydroxylation is 1. The minimum Gasteiger partial charge on any atom is -0.393 e. The monoisotopic (exact) mass is 333 g/mol. The van der Waals surface area contributed by atoms with Gasteiger partial charge in [-0.25, -0.2) is 0 Å². The van der Waals surface area contributed by atoms with Gasteiger partial charge in [0.2, 0.25) is 5.91 Å². The average molecular weight is 333 g/mol. The van der Waals surface area contributed by atoms with Gasteiger partial charge in [-0.15, -0.1) is 0 Å². The number of nitrogens with zero attached hydrogens (tertiary/aromatic N) is 2. The zero-order chi connectivity index (χ0) is 17.4. The van der Waals surface area contributed by atoms with Crippen molar-refractivity contribution in [2.45, 2.75) is 39.2 Å². The van der Waals surface area contributed by atoms with Gasteiger partial charge in [0.05, 0.1) is 12.6 Å². The van der Waals surface area contributed by atoms with Gasteiger partial charge in [0.1, 0.15) is 0 Å². The van der Waals surface area contributed by atoms with Crippen molar-refractivity contribution in [2.24, 2.45) is 0 Å². The van der Waals surface area contributed by atoms with Crippen LogP contribution >= 0.6 is 0 Å². The number of rotatable bonds is 8. The molecule has 1 unspecified atom stereocenters. The van der Waals surface area contributed by atoms with Crippen LogP contribution in [0.4, 0.5) is 5.69 Å². The summed E-state index contributed by atoms with van der Waals surface area (Å²) in [5.41, 5.74) is 2.11. The van der Waals surface area contributed by atoms with Gasteiger partial charge in [-0.2, -0.15) is 0 Å². The number of anilines is 1. The summed E-state index contributed by atoms with van der Waals surface area (Å²) >= 11 is 0. The van der Waals surface area contributed by atoms with E-state index in [1.54, 1.807) is 0 Å². The zero-order valence-corrected chi connectivity index (χ0v) is 15.0. The van der Waals surface area contributed by atoms with E-state index in [-0.39, 0.29) is 12.0 Å². The lowest BCUT2D eigenvalue weighted by Gasteiger charge is -2.34. The highest BCUT2D eigenvalue weighted by molar-refractivity contribution is 5.93. The molecule has 2 rings (SSSR count). The van der Waals surface area contributed by atoms with Crippen LogP contribution in [0.25, 0.3) is 0 Å². The van der Waals surface area contributed by atoms with E-state index in [2.05, 4.69) is 28.1 Å². The maximum absolute atomic E-state index is 12.3. The molecule has 1 saturated heterocycles. The first-order valence-electron chi connectivity index (χ1n) is 9.09. The van der Waals surface area contributed by atoms with E-state index in [9.17, 15) is 9.90 Å². The molecular weight excluding hydrogens is 302 g/mol. The summed E-state index contributed by atoms with van der Waals surface area (Å²) in [6.07, 6.45) is 2.61. The molecule has 1 heterocycles. The minimum absolute atomic E-state index is 0.0680. The number of para-hydroxylation sites is 1. The zero-order valence-electron chi connectivity index (χ0n) is 15.0. The quantitative estimate of drug-likeness (QED) is 0.764. The first-order valence-corrected chi connectivity index (χ1v) is 9.09. The Kier molecular flexibility index (Phi) is 7.69. The number of piperazine rings is 1. The lowest BCUT2D eigenvalue weighted by atomic mass is 10.1. The maximum Gasteiger partial charge on any atom is 0.238 e. The van der Waals surface area contributed by atoms with Crippen molar-refractivity contribution in [1.82, 2.24) is 9.80 Å². The second-order valence-electron chi connectivity index (χ2n) is 6.67. The second kappa shape index (κ2) is 9.77. The van der Waals surface area contributed by atoms with Crippen LogP contribution < -0.4 is 5.32 Å². The van der Waals surface area contributed by atoms with Gasteiger partial charge in [-0.1, -0.05) is 25.1 Å². The molecule has 1 aliphatic heterocycles. The summed E-state index contributed by atoms with van der Waals surface area (Å²) in [5, 5.41) is 12.4. The van der Waals surface area contributed by atoms with Gasteiger partial charge in [0.15, 0.2) is 0 Å². The number of hydrogen-bond donors (Lipinski definition) is 2. The van der Waals surface area contributed by atoms with Gasteiger partial charge < -0.3 is 15.3 Å². The lowest BCUT2D eigenvalue weighted by Crippen LogP contribution is -2.48. The van der Waals surface area contributed by atoms with Crippen LogP contribution in [0.3, 0.4) is 0 Å². The van der Waals surface area contributed by atoms with Crippen molar-refractivity contribution in [2.75, 3.05) is 44.6 Å². The van der Waals surface area contributed by atoms with E-state index in [0.29, 0.717) is 6.54 Å². The third kappa shape index (κ3) is 6.23. The SMILES string of the molecule is CCc1ccccc1NC(=O)CN1CCN(CCCC(C)O)CC1. The average Bonchev–Trinajstić information content (AvgIpc) is 2.56. The van der Waals surface area contributed by atoms with E-state index < -0.39 is 0 Å². The molecule has 1 aliphatic rings. The van der Waals surface area contributed by atoms with E-state index in [1.165, 1.54) is 5.56 Å². The largest absolute Gasteiger partial charge is 0.393 e. The van der Waals surface area contributed by atoms with Crippen molar-refractivity contribution >= 4 is 11.6 Å². The Morgan fingerprint density at radius 2 is 1.88 bits per heavy atom. The smallest absolute Gasteiger partial charge is 0.238 e. The predicted molar refractivity (Wildman–Crippen MR) is 98.2 cm³/mol. The Labute approximate surface area is 145 Å². The fraction of sp³-hybridized carbons (Fsp3) is 0.632. The highest BCUT2D eigenvalue weighted by atomic mass is 16.3. The van der Waals surface area contributed by atoms with Gasteiger partial charge in [-0.3, -0.25) is 9.69 Å². The maximum atomic E-state index is 12.3. The molecule has 24 heavy (non-hydrogen) atoms. The summed E-state index contributed by atoms with van der Waals surface area (Å²) in [5.74, 6) is 0.0680. The van der Waals surface area contributed by atoms with Crippen molar-refractivity contribution in [3.63, 3.8) is 0 Å². The number of carbonyl (C=O) groups is 1. The van der Waals surface area contributed by atoms with Crippen LogP contribution in [0.15, 0.2) is 24.3 Å². The molecule has 0 radical (unpaired) electrons. The van der Waals surface area contributed by atoms with Crippen molar-refractivity contribution in [1.29, 1.82) is 0 Å². The number of amides is 1. The van der Waals surface area contributed by atoms with Crippen molar-refractivity contribution in [3.05, 3.63) is 29.8 Å². The van der Waals surface area contributed by atoms with Crippen LogP contribution in [-0.4, -0.2) is 66.2 Å². The Bertz CT molecular complexity index is 511. The predicted octanol–water partition coefficient (Wildman–Crippen LogP) is 1.97. The second-order valence-corrected chi connectivity index (χ2v) is 6.67. The summed E-state index contributed by atoms with van der Waals surface area (Å²) < 4.78 is 0. The van der Waals surface area contributed by atoms with Gasteiger partial charge in [0, 0.05) is 31.9 Å². The first kappa shape index (κ1) is 18.9. The number of benzene rings is 1. The van der Waals surface area contributed by atoms with E-state index in [4.69, 9.17) is 0 Å². The van der Waals surface area contributed by atoms with Crippen LogP contribution in [0.5, 0.6) is 0 Å². The van der Waals surface area contributed by atoms with Gasteiger partial charge in [0.25, 0.3) is 0 Å². The van der Waals surface area contributed by atoms with Crippen LogP contribution in [-0.2, 0) is 11.2 Å². The normalized spacial score (nSPS) is 17.6.